The Bertz CT molecular complexity index is 649. The number of nitrogens with zero attached hydrogens (tertiary/aromatic N) is 3. The van der Waals surface area contributed by atoms with Gasteiger partial charge in [-0.25, -0.2) is 9.97 Å². The fourth-order valence-corrected chi connectivity index (χ4v) is 2.38. The Balaban J connectivity index is 2.14. The van der Waals surface area contributed by atoms with Crippen LogP contribution in [-0.4, -0.2) is 27.4 Å². The summed E-state index contributed by atoms with van der Waals surface area (Å²) in [4.78, 5) is 25.0. The summed E-state index contributed by atoms with van der Waals surface area (Å²) in [5.74, 6) is 0.337. The fraction of sp³-hybridized carbons (Fsp3) is 0.444. The summed E-state index contributed by atoms with van der Waals surface area (Å²) in [6, 6.07) is 3.75. The molecule has 6 heteroatoms. The van der Waals surface area contributed by atoms with Crippen molar-refractivity contribution in [1.29, 1.82) is 0 Å². The first-order chi connectivity index (χ1) is 11.4. The molecule has 1 amide bonds. The molecule has 0 saturated heterocycles. The Hall–Kier alpha value is -2.50. The highest BCUT2D eigenvalue weighted by Gasteiger charge is 2.23. The van der Waals surface area contributed by atoms with Gasteiger partial charge >= 0.3 is 0 Å². The largest absolute Gasteiger partial charge is 0.355 e. The molecule has 128 valence electrons. The van der Waals surface area contributed by atoms with Crippen LogP contribution in [0.2, 0.25) is 0 Å². The number of carbonyl (C=O) groups is 1. The van der Waals surface area contributed by atoms with Gasteiger partial charge in [0.25, 0.3) is 5.91 Å². The lowest BCUT2D eigenvalue weighted by atomic mass is 9.85. The summed E-state index contributed by atoms with van der Waals surface area (Å²) in [6.07, 6.45) is 7.41. The molecular weight excluding hydrogens is 302 g/mol. The van der Waals surface area contributed by atoms with Gasteiger partial charge in [-0.2, -0.15) is 0 Å². The summed E-state index contributed by atoms with van der Waals surface area (Å²) in [6.45, 7) is 9.15. The van der Waals surface area contributed by atoms with E-state index in [1.165, 1.54) is 12.4 Å². The number of nitrogens with one attached hydrogen (secondary N) is 2. The molecule has 0 aliphatic heterocycles. The monoisotopic (exact) mass is 327 g/mol. The van der Waals surface area contributed by atoms with Gasteiger partial charge in [-0.1, -0.05) is 26.8 Å². The Kier molecular flexibility index (Phi) is 5.84. The van der Waals surface area contributed by atoms with Crippen LogP contribution in [-0.2, 0) is 0 Å². The summed E-state index contributed by atoms with van der Waals surface area (Å²) in [7, 11) is 0. The summed E-state index contributed by atoms with van der Waals surface area (Å²) >= 11 is 0. The number of hydrogen-bond donors (Lipinski definition) is 2. The second-order valence-electron chi connectivity index (χ2n) is 6.90. The smallest absolute Gasteiger partial charge is 0.254 e. The lowest BCUT2D eigenvalue weighted by molar-refractivity contribution is 0.0925. The van der Waals surface area contributed by atoms with Crippen LogP contribution >= 0.6 is 0 Å². The Morgan fingerprint density at radius 1 is 1.21 bits per heavy atom. The molecule has 2 rings (SSSR count). The van der Waals surface area contributed by atoms with Gasteiger partial charge in [-0.05, 0) is 30.4 Å². The molecule has 0 bridgehead atoms. The molecule has 6 nitrogen and oxygen atoms in total. The molecule has 24 heavy (non-hydrogen) atoms. The number of pyridine rings is 1. The van der Waals surface area contributed by atoms with Crippen molar-refractivity contribution >= 4 is 11.9 Å². The molecule has 0 aliphatic rings. The summed E-state index contributed by atoms with van der Waals surface area (Å²) in [5.41, 5.74) is 1.50. The minimum absolute atomic E-state index is 0.0686. The van der Waals surface area contributed by atoms with Crippen molar-refractivity contribution in [3.05, 3.63) is 48.0 Å². The Morgan fingerprint density at radius 2 is 1.92 bits per heavy atom. The highest BCUT2D eigenvalue weighted by Crippen LogP contribution is 2.29. The number of amides is 1. The lowest BCUT2D eigenvalue weighted by Crippen LogP contribution is -2.31. The van der Waals surface area contributed by atoms with Crippen molar-refractivity contribution in [1.82, 2.24) is 20.3 Å². The molecular formula is C18H25N5O. The van der Waals surface area contributed by atoms with Crippen LogP contribution < -0.4 is 10.6 Å². The normalized spacial score (nSPS) is 12.5. The van der Waals surface area contributed by atoms with E-state index in [0.29, 0.717) is 11.5 Å². The van der Waals surface area contributed by atoms with E-state index in [-0.39, 0.29) is 17.4 Å². The fourth-order valence-electron chi connectivity index (χ4n) is 2.38. The van der Waals surface area contributed by atoms with Crippen LogP contribution in [0.3, 0.4) is 0 Å². The van der Waals surface area contributed by atoms with E-state index in [9.17, 15) is 4.79 Å². The SMILES string of the molecule is CCNc1ncc(C(=O)N[C@H](CC(C)(C)C)c2cccnc2)cn1. The highest BCUT2D eigenvalue weighted by atomic mass is 16.1. The highest BCUT2D eigenvalue weighted by molar-refractivity contribution is 5.93. The van der Waals surface area contributed by atoms with E-state index in [4.69, 9.17) is 0 Å². The zero-order chi connectivity index (χ0) is 17.6. The Morgan fingerprint density at radius 3 is 2.46 bits per heavy atom. The minimum atomic E-state index is -0.184. The van der Waals surface area contributed by atoms with Crippen molar-refractivity contribution in [3.8, 4) is 0 Å². The standard InChI is InChI=1S/C18H25N5O/c1-5-20-17-21-11-14(12-22-17)16(24)23-15(9-18(2,3)4)13-7-6-8-19-10-13/h6-8,10-12,15H,5,9H2,1-4H3,(H,23,24)(H,20,21,22)/t15-/m1/s1. The first kappa shape index (κ1) is 17.8. The van der Waals surface area contributed by atoms with Crippen molar-refractivity contribution in [2.45, 2.75) is 40.2 Å². The maximum Gasteiger partial charge on any atom is 0.254 e. The van der Waals surface area contributed by atoms with Gasteiger partial charge in [0.05, 0.1) is 11.6 Å². The molecule has 0 aliphatic carbocycles. The maximum absolute atomic E-state index is 12.6. The first-order valence-electron chi connectivity index (χ1n) is 8.16. The minimum Gasteiger partial charge on any atom is -0.355 e. The number of carbonyl (C=O) groups excluding carboxylic acids is 1. The third-order valence-electron chi connectivity index (χ3n) is 3.46. The van der Waals surface area contributed by atoms with Gasteiger partial charge in [-0.15, -0.1) is 0 Å². The molecule has 2 N–H and O–H groups in total. The van der Waals surface area contributed by atoms with Gasteiger partial charge in [0, 0.05) is 31.3 Å². The number of hydrogen-bond acceptors (Lipinski definition) is 5. The molecule has 2 aromatic rings. The van der Waals surface area contributed by atoms with Gasteiger partial charge in [0.2, 0.25) is 5.95 Å². The van der Waals surface area contributed by atoms with E-state index in [2.05, 4.69) is 46.4 Å². The van der Waals surface area contributed by atoms with Crippen molar-refractivity contribution in [2.75, 3.05) is 11.9 Å². The molecule has 0 aromatic carbocycles. The van der Waals surface area contributed by atoms with Crippen molar-refractivity contribution in [3.63, 3.8) is 0 Å². The summed E-state index contributed by atoms with van der Waals surface area (Å²) < 4.78 is 0. The molecule has 1 atom stereocenters. The molecule has 0 spiro atoms. The molecule has 2 aromatic heterocycles. The van der Waals surface area contributed by atoms with E-state index in [1.807, 2.05) is 19.1 Å². The van der Waals surface area contributed by atoms with Crippen LogP contribution in [0.1, 0.15) is 56.1 Å². The van der Waals surface area contributed by atoms with Crippen molar-refractivity contribution in [2.24, 2.45) is 5.41 Å². The van der Waals surface area contributed by atoms with Gasteiger partial charge < -0.3 is 10.6 Å². The van der Waals surface area contributed by atoms with Crippen LogP contribution in [0, 0.1) is 5.41 Å². The van der Waals surface area contributed by atoms with Gasteiger partial charge in [-0.3, -0.25) is 9.78 Å². The molecule has 0 radical (unpaired) electrons. The topological polar surface area (TPSA) is 79.8 Å². The average molecular weight is 327 g/mol. The van der Waals surface area contributed by atoms with Gasteiger partial charge in [0.1, 0.15) is 0 Å². The second kappa shape index (κ2) is 7.86. The zero-order valence-corrected chi connectivity index (χ0v) is 14.7. The second-order valence-corrected chi connectivity index (χ2v) is 6.90. The zero-order valence-electron chi connectivity index (χ0n) is 14.7. The maximum atomic E-state index is 12.6. The number of anilines is 1. The Labute approximate surface area is 143 Å². The van der Waals surface area contributed by atoms with E-state index >= 15 is 0 Å². The molecule has 0 unspecified atom stereocenters. The van der Waals surface area contributed by atoms with E-state index < -0.39 is 0 Å². The lowest BCUT2D eigenvalue weighted by Gasteiger charge is -2.27. The third kappa shape index (κ3) is 5.30. The van der Waals surface area contributed by atoms with Crippen LogP contribution in [0.15, 0.2) is 36.9 Å². The summed E-state index contributed by atoms with van der Waals surface area (Å²) in [5, 5.41) is 6.09. The quantitative estimate of drug-likeness (QED) is 0.851. The van der Waals surface area contributed by atoms with Crippen LogP contribution in [0.25, 0.3) is 0 Å². The predicted octanol–water partition coefficient (Wildman–Crippen LogP) is 3.21. The van der Waals surface area contributed by atoms with Crippen molar-refractivity contribution < 1.29 is 4.79 Å². The van der Waals surface area contributed by atoms with Crippen LogP contribution in [0.5, 0.6) is 0 Å². The molecule has 2 heterocycles. The number of aromatic nitrogens is 3. The first-order valence-corrected chi connectivity index (χ1v) is 8.16. The van der Waals surface area contributed by atoms with Crippen LogP contribution in [0.4, 0.5) is 5.95 Å². The number of rotatable bonds is 6. The van der Waals surface area contributed by atoms with E-state index in [0.717, 1.165) is 18.5 Å². The van der Waals surface area contributed by atoms with Gasteiger partial charge in [0.15, 0.2) is 0 Å². The molecule has 0 fully saturated rings. The average Bonchev–Trinajstić information content (AvgIpc) is 2.55. The molecule has 0 saturated carbocycles. The third-order valence-corrected chi connectivity index (χ3v) is 3.46. The van der Waals surface area contributed by atoms with E-state index in [1.54, 1.807) is 12.4 Å². The predicted molar refractivity (Wildman–Crippen MR) is 94.7 cm³/mol.